The van der Waals surface area contributed by atoms with Crippen molar-refractivity contribution in [3.63, 3.8) is 0 Å². The van der Waals surface area contributed by atoms with Crippen LogP contribution in [0.15, 0.2) is 0 Å². The monoisotopic (exact) mass is 211 g/mol. The van der Waals surface area contributed by atoms with E-state index in [1.807, 2.05) is 6.92 Å². The topological polar surface area (TPSA) is 44.4 Å². The van der Waals surface area contributed by atoms with Gasteiger partial charge in [-0.2, -0.15) is 0 Å². The summed E-state index contributed by atoms with van der Waals surface area (Å²) < 4.78 is 0. The van der Waals surface area contributed by atoms with Crippen molar-refractivity contribution in [2.24, 2.45) is 5.92 Å². The van der Waals surface area contributed by atoms with Gasteiger partial charge in [-0.25, -0.2) is 0 Å². The maximum Gasteiger partial charge on any atom is 0.234 e. The maximum absolute atomic E-state index is 11.4. The number of hydrogen-bond donors (Lipinski definition) is 2. The van der Waals surface area contributed by atoms with E-state index in [-0.39, 0.29) is 5.91 Å². The van der Waals surface area contributed by atoms with Gasteiger partial charge in [-0.15, -0.1) is 0 Å². The Kier molecular flexibility index (Phi) is 3.59. The number of amides is 1. The summed E-state index contributed by atoms with van der Waals surface area (Å²) in [5.74, 6) is 0.935. The normalized spacial score (nSPS) is 31.3. The first-order valence-corrected chi connectivity index (χ1v) is 6.02. The van der Waals surface area contributed by atoms with Crippen molar-refractivity contribution >= 4 is 5.91 Å². The summed E-state index contributed by atoms with van der Waals surface area (Å²) in [5, 5.41) is 6.40. The first-order chi connectivity index (χ1) is 7.29. The molecule has 2 N–H and O–H groups in total. The van der Waals surface area contributed by atoms with Gasteiger partial charge in [-0.05, 0) is 32.2 Å². The molecule has 1 amide bonds. The number of hydrogen-bond acceptors (Lipinski definition) is 3. The molecule has 2 aliphatic heterocycles. The fourth-order valence-corrected chi connectivity index (χ4v) is 2.72. The molecule has 0 bridgehead atoms. The number of nitrogens with one attached hydrogen (secondary N) is 2. The Labute approximate surface area is 91.4 Å². The third-order valence-electron chi connectivity index (χ3n) is 3.42. The molecule has 86 valence electrons. The molecule has 2 fully saturated rings. The van der Waals surface area contributed by atoms with Crippen LogP contribution in [-0.4, -0.2) is 49.6 Å². The van der Waals surface area contributed by atoms with Gasteiger partial charge in [0.25, 0.3) is 0 Å². The van der Waals surface area contributed by atoms with E-state index >= 15 is 0 Å². The van der Waals surface area contributed by atoms with E-state index in [0.29, 0.717) is 12.6 Å². The molecule has 0 saturated carbocycles. The number of carbonyl (C=O) groups is 1. The van der Waals surface area contributed by atoms with Gasteiger partial charge in [-0.1, -0.05) is 0 Å². The molecule has 2 unspecified atom stereocenters. The number of fused-ring (bicyclic) bond motifs is 1. The summed E-state index contributed by atoms with van der Waals surface area (Å²) in [7, 11) is 0. The largest absolute Gasteiger partial charge is 0.355 e. The van der Waals surface area contributed by atoms with Crippen LogP contribution < -0.4 is 10.6 Å². The van der Waals surface area contributed by atoms with Crippen molar-refractivity contribution in [3.05, 3.63) is 0 Å². The van der Waals surface area contributed by atoms with Crippen LogP contribution >= 0.6 is 0 Å². The van der Waals surface area contributed by atoms with Crippen molar-refractivity contribution < 1.29 is 4.79 Å². The maximum atomic E-state index is 11.4. The summed E-state index contributed by atoms with van der Waals surface area (Å²) >= 11 is 0. The van der Waals surface area contributed by atoms with Gasteiger partial charge in [-0.3, -0.25) is 9.69 Å². The van der Waals surface area contributed by atoms with E-state index in [9.17, 15) is 4.79 Å². The molecule has 15 heavy (non-hydrogen) atoms. The zero-order chi connectivity index (χ0) is 10.7. The van der Waals surface area contributed by atoms with Crippen LogP contribution in [-0.2, 0) is 4.79 Å². The zero-order valence-electron chi connectivity index (χ0n) is 9.46. The Morgan fingerprint density at radius 3 is 3.13 bits per heavy atom. The van der Waals surface area contributed by atoms with Gasteiger partial charge in [0.1, 0.15) is 0 Å². The third kappa shape index (κ3) is 2.69. The van der Waals surface area contributed by atoms with Crippen LogP contribution in [0.25, 0.3) is 0 Å². The van der Waals surface area contributed by atoms with E-state index in [2.05, 4.69) is 15.5 Å². The van der Waals surface area contributed by atoms with Gasteiger partial charge in [0.05, 0.1) is 6.54 Å². The minimum Gasteiger partial charge on any atom is -0.355 e. The second-order valence-corrected chi connectivity index (χ2v) is 4.61. The van der Waals surface area contributed by atoms with Crippen molar-refractivity contribution in [2.75, 3.05) is 32.7 Å². The molecule has 2 heterocycles. The Hall–Kier alpha value is -0.610. The van der Waals surface area contributed by atoms with E-state index in [1.54, 1.807) is 0 Å². The molecule has 2 aliphatic rings. The van der Waals surface area contributed by atoms with Gasteiger partial charge in [0.15, 0.2) is 0 Å². The number of likely N-dealkylation sites (N-methyl/N-ethyl adjacent to an activating group) is 1. The molecule has 0 aliphatic carbocycles. The van der Waals surface area contributed by atoms with E-state index < -0.39 is 0 Å². The molecule has 2 saturated heterocycles. The molecular weight excluding hydrogens is 190 g/mol. The third-order valence-corrected chi connectivity index (χ3v) is 3.42. The van der Waals surface area contributed by atoms with Crippen molar-refractivity contribution in [1.82, 2.24) is 15.5 Å². The van der Waals surface area contributed by atoms with Crippen LogP contribution in [0, 0.1) is 5.92 Å². The number of piperidine rings is 1. The van der Waals surface area contributed by atoms with E-state index in [0.717, 1.165) is 32.1 Å². The zero-order valence-corrected chi connectivity index (χ0v) is 9.46. The van der Waals surface area contributed by atoms with Crippen LogP contribution in [0.5, 0.6) is 0 Å². The standard InChI is InChI=1S/C11H21N3O/c1-2-12-11(15)8-14-6-9-4-3-5-13-10(9)7-14/h9-10,13H,2-8H2,1H3,(H,12,15). The Morgan fingerprint density at radius 2 is 2.40 bits per heavy atom. The van der Waals surface area contributed by atoms with E-state index in [1.165, 1.54) is 12.8 Å². The summed E-state index contributed by atoms with van der Waals surface area (Å²) in [5.41, 5.74) is 0. The summed E-state index contributed by atoms with van der Waals surface area (Å²) in [4.78, 5) is 13.7. The average molecular weight is 211 g/mol. The van der Waals surface area contributed by atoms with Gasteiger partial charge in [0.2, 0.25) is 5.91 Å². The SMILES string of the molecule is CCNC(=O)CN1CC2CCCNC2C1. The lowest BCUT2D eigenvalue weighted by atomic mass is 9.94. The molecule has 2 atom stereocenters. The molecule has 0 radical (unpaired) electrons. The fourth-order valence-electron chi connectivity index (χ4n) is 2.72. The molecular formula is C11H21N3O. The van der Waals surface area contributed by atoms with Gasteiger partial charge < -0.3 is 10.6 Å². The smallest absolute Gasteiger partial charge is 0.234 e. The van der Waals surface area contributed by atoms with Crippen molar-refractivity contribution in [3.8, 4) is 0 Å². The van der Waals surface area contributed by atoms with Crippen LogP contribution in [0.3, 0.4) is 0 Å². The predicted octanol–water partition coefficient (Wildman–Crippen LogP) is -0.194. The molecule has 2 rings (SSSR count). The Morgan fingerprint density at radius 1 is 1.53 bits per heavy atom. The molecule has 0 spiro atoms. The minimum absolute atomic E-state index is 0.163. The lowest BCUT2D eigenvalue weighted by Gasteiger charge is -2.24. The first-order valence-electron chi connectivity index (χ1n) is 6.02. The highest BCUT2D eigenvalue weighted by Crippen LogP contribution is 2.24. The van der Waals surface area contributed by atoms with Crippen LogP contribution in [0.2, 0.25) is 0 Å². The highest BCUT2D eigenvalue weighted by molar-refractivity contribution is 5.77. The highest BCUT2D eigenvalue weighted by atomic mass is 16.2. The lowest BCUT2D eigenvalue weighted by molar-refractivity contribution is -0.121. The predicted molar refractivity (Wildman–Crippen MR) is 59.6 cm³/mol. The minimum atomic E-state index is 0.163. The number of likely N-dealkylation sites (tertiary alicyclic amines) is 1. The molecule has 4 heteroatoms. The lowest BCUT2D eigenvalue weighted by Crippen LogP contribution is -2.41. The first kappa shape index (κ1) is 10.9. The molecule has 0 aromatic carbocycles. The number of carbonyl (C=O) groups excluding carboxylic acids is 1. The molecule has 0 aromatic heterocycles. The number of rotatable bonds is 3. The quantitative estimate of drug-likeness (QED) is 0.680. The number of nitrogens with zero attached hydrogens (tertiary/aromatic N) is 1. The van der Waals surface area contributed by atoms with Crippen molar-refractivity contribution in [1.29, 1.82) is 0 Å². The van der Waals surface area contributed by atoms with Gasteiger partial charge >= 0.3 is 0 Å². The summed E-state index contributed by atoms with van der Waals surface area (Å²) in [6, 6.07) is 0.633. The molecule has 0 aromatic rings. The second-order valence-electron chi connectivity index (χ2n) is 4.61. The highest BCUT2D eigenvalue weighted by Gasteiger charge is 2.34. The average Bonchev–Trinajstić information content (AvgIpc) is 2.59. The van der Waals surface area contributed by atoms with Crippen molar-refractivity contribution in [2.45, 2.75) is 25.8 Å². The summed E-state index contributed by atoms with van der Waals surface area (Å²) in [6.45, 7) is 6.55. The molecule has 4 nitrogen and oxygen atoms in total. The van der Waals surface area contributed by atoms with E-state index in [4.69, 9.17) is 0 Å². The second kappa shape index (κ2) is 4.94. The summed E-state index contributed by atoms with van der Waals surface area (Å²) in [6.07, 6.45) is 2.61. The Bertz CT molecular complexity index is 218. The van der Waals surface area contributed by atoms with Crippen LogP contribution in [0.4, 0.5) is 0 Å². The fraction of sp³-hybridized carbons (Fsp3) is 0.909. The van der Waals surface area contributed by atoms with Gasteiger partial charge in [0, 0.05) is 25.7 Å². The Balaban J connectivity index is 1.78. The van der Waals surface area contributed by atoms with Crippen LogP contribution in [0.1, 0.15) is 19.8 Å².